The molecule has 0 amide bonds. The number of hydrogen-bond donors (Lipinski definition) is 0. The monoisotopic (exact) mass is 358 g/mol. The Morgan fingerprint density at radius 1 is 1.55 bits per heavy atom. The van der Waals surface area contributed by atoms with Gasteiger partial charge in [0.2, 0.25) is 0 Å². The fourth-order valence-electron chi connectivity index (χ4n) is 2.65. The quantitative estimate of drug-likeness (QED) is 0.786. The third kappa shape index (κ3) is 2.48. The summed E-state index contributed by atoms with van der Waals surface area (Å²) in [6.07, 6.45) is 0.888. The summed E-state index contributed by atoms with van der Waals surface area (Å²) in [6.45, 7) is 2.05. The number of imidazole rings is 1. The van der Waals surface area contributed by atoms with Gasteiger partial charge in [-0.25, -0.2) is 4.98 Å². The predicted molar refractivity (Wildman–Crippen MR) is 82.2 cm³/mol. The zero-order valence-corrected chi connectivity index (χ0v) is 13.6. The van der Waals surface area contributed by atoms with E-state index in [4.69, 9.17) is 21.1 Å². The molecule has 1 aromatic heterocycles. The molecule has 1 aliphatic rings. The molecule has 0 bridgehead atoms. The summed E-state index contributed by atoms with van der Waals surface area (Å²) in [7, 11) is 1.74. The van der Waals surface area contributed by atoms with Gasteiger partial charge in [-0.05, 0) is 18.2 Å². The van der Waals surface area contributed by atoms with Gasteiger partial charge in [-0.2, -0.15) is 0 Å². The summed E-state index contributed by atoms with van der Waals surface area (Å²) in [5.74, 6) is 1.25. The third-order valence-electron chi connectivity index (χ3n) is 3.86. The third-order valence-corrected chi connectivity index (χ3v) is 4.59. The second-order valence-electron chi connectivity index (χ2n) is 5.07. The van der Waals surface area contributed by atoms with Crippen molar-refractivity contribution in [3.05, 3.63) is 28.5 Å². The van der Waals surface area contributed by atoms with Crippen LogP contribution in [-0.4, -0.2) is 35.5 Å². The van der Waals surface area contributed by atoms with E-state index < -0.39 is 0 Å². The molecule has 20 heavy (non-hydrogen) atoms. The topological polar surface area (TPSA) is 36.3 Å². The van der Waals surface area contributed by atoms with Crippen LogP contribution in [0.3, 0.4) is 0 Å². The molecule has 1 aromatic carbocycles. The highest BCUT2D eigenvalue weighted by atomic mass is 79.9. The molecule has 6 heteroatoms. The van der Waals surface area contributed by atoms with Crippen LogP contribution in [0.4, 0.5) is 0 Å². The van der Waals surface area contributed by atoms with E-state index in [2.05, 4.69) is 31.5 Å². The lowest BCUT2D eigenvalue weighted by Crippen LogP contribution is -2.37. The van der Waals surface area contributed by atoms with E-state index in [-0.39, 0.29) is 5.60 Å². The summed E-state index contributed by atoms with van der Waals surface area (Å²) in [5.41, 5.74) is 1.74. The minimum absolute atomic E-state index is 0.281. The Bertz CT molecular complexity index is 623. The van der Waals surface area contributed by atoms with Crippen molar-refractivity contribution in [1.82, 2.24) is 9.55 Å². The fraction of sp³-hybridized carbons (Fsp3) is 0.500. The van der Waals surface area contributed by atoms with Gasteiger partial charge < -0.3 is 14.0 Å². The zero-order chi connectivity index (χ0) is 14.2. The Balaban J connectivity index is 2.06. The molecular weight excluding hydrogens is 344 g/mol. The second kappa shape index (κ2) is 5.64. The number of aromatic nitrogens is 2. The number of ether oxygens (including phenoxy) is 2. The Morgan fingerprint density at radius 2 is 2.40 bits per heavy atom. The molecule has 1 saturated heterocycles. The minimum Gasteiger partial charge on any atom is -0.378 e. The second-order valence-corrected chi connectivity index (χ2v) is 6.25. The molecule has 2 heterocycles. The summed E-state index contributed by atoms with van der Waals surface area (Å²) in [5, 5.41) is 0. The lowest BCUT2D eigenvalue weighted by molar-refractivity contribution is -0.0291. The Labute approximate surface area is 131 Å². The van der Waals surface area contributed by atoms with Gasteiger partial charge in [0, 0.05) is 24.6 Å². The smallest absolute Gasteiger partial charge is 0.124 e. The van der Waals surface area contributed by atoms with Crippen LogP contribution >= 0.6 is 27.5 Å². The van der Waals surface area contributed by atoms with E-state index in [0.717, 1.165) is 34.4 Å². The number of alkyl halides is 1. The molecule has 4 nitrogen and oxygen atoms in total. The number of rotatable bonds is 4. The van der Waals surface area contributed by atoms with Crippen molar-refractivity contribution in [1.29, 1.82) is 0 Å². The lowest BCUT2D eigenvalue weighted by Gasteiger charge is -2.27. The van der Waals surface area contributed by atoms with Crippen LogP contribution in [0.2, 0.25) is 0 Å². The van der Waals surface area contributed by atoms with Gasteiger partial charge in [0.05, 0.1) is 30.1 Å². The fourth-order valence-corrected chi connectivity index (χ4v) is 3.20. The molecule has 3 rings (SSSR count). The molecule has 0 radical (unpaired) electrons. The maximum Gasteiger partial charge on any atom is 0.124 e. The number of nitrogens with zero attached hydrogens (tertiary/aromatic N) is 2. The van der Waals surface area contributed by atoms with Gasteiger partial charge >= 0.3 is 0 Å². The standard InChI is InChI=1S/C14H16BrClN2O2/c1-19-14(4-5-20-9-14)8-18-12-6-10(15)2-3-11(12)17-13(18)7-16/h2-3,6H,4-5,7-9H2,1H3. The first-order valence-electron chi connectivity index (χ1n) is 6.51. The molecule has 0 spiro atoms. The average molecular weight is 360 g/mol. The molecule has 0 aliphatic carbocycles. The van der Waals surface area contributed by atoms with Crippen LogP contribution in [0.15, 0.2) is 22.7 Å². The lowest BCUT2D eigenvalue weighted by atomic mass is 10.0. The first-order chi connectivity index (χ1) is 9.67. The van der Waals surface area contributed by atoms with Crippen LogP contribution in [-0.2, 0) is 21.9 Å². The van der Waals surface area contributed by atoms with Crippen molar-refractivity contribution < 1.29 is 9.47 Å². The van der Waals surface area contributed by atoms with Gasteiger partial charge in [0.25, 0.3) is 0 Å². The summed E-state index contributed by atoms with van der Waals surface area (Å²) < 4.78 is 14.4. The summed E-state index contributed by atoms with van der Waals surface area (Å²) in [4.78, 5) is 4.59. The van der Waals surface area contributed by atoms with Crippen molar-refractivity contribution >= 4 is 38.6 Å². The van der Waals surface area contributed by atoms with Crippen molar-refractivity contribution in [3.8, 4) is 0 Å². The van der Waals surface area contributed by atoms with Crippen molar-refractivity contribution in [2.24, 2.45) is 0 Å². The highest BCUT2D eigenvalue weighted by Crippen LogP contribution is 2.29. The van der Waals surface area contributed by atoms with Gasteiger partial charge in [0.15, 0.2) is 0 Å². The van der Waals surface area contributed by atoms with Crippen LogP contribution in [0.1, 0.15) is 12.2 Å². The largest absolute Gasteiger partial charge is 0.378 e. The number of benzene rings is 1. The van der Waals surface area contributed by atoms with E-state index >= 15 is 0 Å². The summed E-state index contributed by atoms with van der Waals surface area (Å²) in [6, 6.07) is 6.05. The van der Waals surface area contributed by atoms with Crippen LogP contribution in [0.25, 0.3) is 11.0 Å². The first kappa shape index (κ1) is 14.3. The highest BCUT2D eigenvalue weighted by molar-refractivity contribution is 9.10. The Morgan fingerprint density at radius 3 is 3.05 bits per heavy atom. The highest BCUT2D eigenvalue weighted by Gasteiger charge is 2.36. The predicted octanol–water partition coefficient (Wildman–Crippen LogP) is 3.34. The SMILES string of the molecule is COC1(Cn2c(CCl)nc3ccc(Br)cc32)CCOC1. The molecule has 108 valence electrons. The molecule has 1 unspecified atom stereocenters. The molecule has 1 atom stereocenters. The van der Waals surface area contributed by atoms with E-state index in [0.29, 0.717) is 19.0 Å². The average Bonchev–Trinajstić information content (AvgIpc) is 3.05. The first-order valence-corrected chi connectivity index (χ1v) is 7.84. The molecular formula is C14H16BrClN2O2. The van der Waals surface area contributed by atoms with Crippen molar-refractivity contribution in [2.45, 2.75) is 24.4 Å². The number of hydrogen-bond acceptors (Lipinski definition) is 3. The van der Waals surface area contributed by atoms with E-state index in [1.807, 2.05) is 12.1 Å². The summed E-state index contributed by atoms with van der Waals surface area (Å²) >= 11 is 9.56. The number of fused-ring (bicyclic) bond motifs is 1. The maximum absolute atomic E-state index is 6.05. The van der Waals surface area contributed by atoms with Crippen LogP contribution in [0, 0.1) is 0 Å². The van der Waals surface area contributed by atoms with E-state index in [9.17, 15) is 0 Å². The molecule has 1 aliphatic heterocycles. The normalized spacial score (nSPS) is 22.8. The molecule has 0 saturated carbocycles. The minimum atomic E-state index is -0.281. The number of methoxy groups -OCH3 is 1. The Kier molecular flexibility index (Phi) is 4.04. The van der Waals surface area contributed by atoms with Gasteiger partial charge in [-0.3, -0.25) is 0 Å². The Hall–Kier alpha value is -0.620. The zero-order valence-electron chi connectivity index (χ0n) is 11.2. The molecule has 2 aromatic rings. The van der Waals surface area contributed by atoms with E-state index in [1.165, 1.54) is 0 Å². The van der Waals surface area contributed by atoms with E-state index in [1.54, 1.807) is 7.11 Å². The van der Waals surface area contributed by atoms with Crippen molar-refractivity contribution in [3.63, 3.8) is 0 Å². The van der Waals surface area contributed by atoms with Crippen LogP contribution in [0.5, 0.6) is 0 Å². The van der Waals surface area contributed by atoms with Crippen LogP contribution < -0.4 is 0 Å². The molecule has 1 fully saturated rings. The van der Waals surface area contributed by atoms with Gasteiger partial charge in [-0.1, -0.05) is 15.9 Å². The van der Waals surface area contributed by atoms with Gasteiger partial charge in [-0.15, -0.1) is 11.6 Å². The molecule has 0 N–H and O–H groups in total. The van der Waals surface area contributed by atoms with Gasteiger partial charge in [0.1, 0.15) is 11.4 Å². The maximum atomic E-state index is 6.05. The van der Waals surface area contributed by atoms with Crippen molar-refractivity contribution in [2.75, 3.05) is 20.3 Å². The number of halogens is 2.